The summed E-state index contributed by atoms with van der Waals surface area (Å²) >= 11 is 5.96. The van der Waals surface area contributed by atoms with Crippen molar-refractivity contribution in [2.24, 2.45) is 0 Å². The zero-order valence-corrected chi connectivity index (χ0v) is 15.4. The van der Waals surface area contributed by atoms with Crippen molar-refractivity contribution in [1.82, 2.24) is 9.55 Å². The lowest BCUT2D eigenvalue weighted by atomic mass is 10.1. The molecule has 5 heteroatoms. The van der Waals surface area contributed by atoms with Gasteiger partial charge < -0.3 is 9.30 Å². The molecule has 132 valence electrons. The molecule has 1 aromatic heterocycles. The molecule has 0 aliphatic heterocycles. The number of methoxy groups -OCH3 is 1. The highest BCUT2D eigenvalue weighted by Gasteiger charge is 2.09. The summed E-state index contributed by atoms with van der Waals surface area (Å²) in [5.41, 5.74) is 5.21. The van der Waals surface area contributed by atoms with Crippen molar-refractivity contribution in [3.8, 4) is 11.3 Å². The minimum absolute atomic E-state index is 0.363. The van der Waals surface area contributed by atoms with E-state index < -0.39 is 0 Å². The van der Waals surface area contributed by atoms with Crippen LogP contribution in [-0.4, -0.2) is 22.6 Å². The quantitative estimate of drug-likeness (QED) is 0.483. The van der Waals surface area contributed by atoms with Gasteiger partial charge in [-0.05, 0) is 36.3 Å². The Morgan fingerprint density at radius 2 is 1.85 bits per heavy atom. The van der Waals surface area contributed by atoms with Crippen molar-refractivity contribution in [2.75, 3.05) is 7.11 Å². The van der Waals surface area contributed by atoms with E-state index in [4.69, 9.17) is 11.6 Å². The molecule has 1 heterocycles. The van der Waals surface area contributed by atoms with Crippen molar-refractivity contribution in [3.63, 3.8) is 0 Å². The Hall–Kier alpha value is -2.85. The van der Waals surface area contributed by atoms with Crippen LogP contribution in [0.1, 0.15) is 16.8 Å². The Morgan fingerprint density at radius 3 is 2.50 bits per heavy atom. The number of hydrogen-bond acceptors (Lipinski definition) is 3. The van der Waals surface area contributed by atoms with Gasteiger partial charge in [-0.25, -0.2) is 9.78 Å². The van der Waals surface area contributed by atoms with Gasteiger partial charge in [0.1, 0.15) is 0 Å². The summed E-state index contributed by atoms with van der Waals surface area (Å²) in [5, 5.41) is 0.715. The molecule has 0 spiro atoms. The first-order valence-corrected chi connectivity index (χ1v) is 8.57. The molecule has 3 aromatic rings. The fourth-order valence-corrected chi connectivity index (χ4v) is 2.78. The lowest BCUT2D eigenvalue weighted by molar-refractivity contribution is -0.134. The molecule has 0 unspecified atom stereocenters. The standard InChI is InChI=1S/C21H19ClN2O2/c1-15-21(18-8-10-19(22)11-9-18)23-14-24(15)13-17-5-3-16(4-6-17)7-12-20(25)26-2/h3-12,14H,13H2,1-2H3. The number of carbonyl (C=O) groups is 1. The van der Waals surface area contributed by atoms with Crippen LogP contribution in [0.15, 0.2) is 60.9 Å². The Morgan fingerprint density at radius 1 is 1.15 bits per heavy atom. The van der Waals surface area contributed by atoms with Gasteiger partial charge in [-0.3, -0.25) is 0 Å². The van der Waals surface area contributed by atoms with E-state index in [0.717, 1.165) is 34.6 Å². The number of benzene rings is 2. The third-order valence-electron chi connectivity index (χ3n) is 4.16. The SMILES string of the molecule is COC(=O)C=Cc1ccc(Cn2cnc(-c3ccc(Cl)cc3)c2C)cc1. The summed E-state index contributed by atoms with van der Waals surface area (Å²) in [6.45, 7) is 2.79. The number of nitrogens with zero attached hydrogens (tertiary/aromatic N) is 2. The molecule has 4 nitrogen and oxygen atoms in total. The molecule has 0 atom stereocenters. The van der Waals surface area contributed by atoms with E-state index in [1.807, 2.05) is 54.9 Å². The number of rotatable bonds is 5. The van der Waals surface area contributed by atoms with Crippen LogP contribution in [0, 0.1) is 6.92 Å². The number of hydrogen-bond donors (Lipinski definition) is 0. The van der Waals surface area contributed by atoms with E-state index in [9.17, 15) is 4.79 Å². The molecule has 0 amide bonds. The molecule has 0 aliphatic rings. The molecular formula is C21H19ClN2O2. The first kappa shape index (κ1) is 18.0. The third-order valence-corrected chi connectivity index (χ3v) is 4.42. The molecule has 26 heavy (non-hydrogen) atoms. The smallest absolute Gasteiger partial charge is 0.330 e. The number of imidazole rings is 1. The highest BCUT2D eigenvalue weighted by Crippen LogP contribution is 2.24. The van der Waals surface area contributed by atoms with E-state index in [2.05, 4.69) is 21.2 Å². The second-order valence-corrected chi connectivity index (χ2v) is 6.35. The van der Waals surface area contributed by atoms with Crippen LogP contribution in [0.4, 0.5) is 0 Å². The molecule has 0 saturated heterocycles. The summed E-state index contributed by atoms with van der Waals surface area (Å²) < 4.78 is 6.70. The van der Waals surface area contributed by atoms with E-state index in [0.29, 0.717) is 5.02 Å². The molecule has 2 aromatic carbocycles. The zero-order valence-electron chi connectivity index (χ0n) is 14.6. The highest BCUT2D eigenvalue weighted by molar-refractivity contribution is 6.30. The molecule has 3 rings (SSSR count). The van der Waals surface area contributed by atoms with Crippen LogP contribution in [0.5, 0.6) is 0 Å². The van der Waals surface area contributed by atoms with Gasteiger partial charge in [0, 0.05) is 28.9 Å². The van der Waals surface area contributed by atoms with Gasteiger partial charge in [0.15, 0.2) is 0 Å². The second-order valence-electron chi connectivity index (χ2n) is 5.91. The number of esters is 1. The Bertz CT molecular complexity index is 926. The van der Waals surface area contributed by atoms with Crippen LogP contribution in [0.2, 0.25) is 5.02 Å². The van der Waals surface area contributed by atoms with Crippen molar-refractivity contribution in [1.29, 1.82) is 0 Å². The van der Waals surface area contributed by atoms with Crippen molar-refractivity contribution in [2.45, 2.75) is 13.5 Å². The average Bonchev–Trinajstić information content (AvgIpc) is 3.02. The molecule has 0 aliphatic carbocycles. The maximum Gasteiger partial charge on any atom is 0.330 e. The normalized spacial score (nSPS) is 11.0. The van der Waals surface area contributed by atoms with Crippen molar-refractivity contribution >= 4 is 23.6 Å². The molecule has 0 saturated carbocycles. The van der Waals surface area contributed by atoms with E-state index in [-0.39, 0.29) is 5.97 Å². The largest absolute Gasteiger partial charge is 0.466 e. The number of carbonyl (C=O) groups excluding carboxylic acids is 1. The number of aromatic nitrogens is 2. The maximum absolute atomic E-state index is 11.1. The van der Waals surface area contributed by atoms with Crippen LogP contribution in [0.3, 0.4) is 0 Å². The van der Waals surface area contributed by atoms with E-state index in [1.54, 1.807) is 6.08 Å². The zero-order chi connectivity index (χ0) is 18.5. The fraction of sp³-hybridized carbons (Fsp3) is 0.143. The van der Waals surface area contributed by atoms with Gasteiger partial charge >= 0.3 is 5.97 Å². The molecular weight excluding hydrogens is 348 g/mol. The topological polar surface area (TPSA) is 44.1 Å². The minimum Gasteiger partial charge on any atom is -0.466 e. The summed E-state index contributed by atoms with van der Waals surface area (Å²) in [4.78, 5) is 15.7. The summed E-state index contributed by atoms with van der Waals surface area (Å²) in [5.74, 6) is -0.363. The molecule has 0 radical (unpaired) electrons. The lowest BCUT2D eigenvalue weighted by Gasteiger charge is -2.07. The maximum atomic E-state index is 11.1. The van der Waals surface area contributed by atoms with Gasteiger partial charge in [-0.1, -0.05) is 48.0 Å². The first-order valence-electron chi connectivity index (χ1n) is 8.19. The summed E-state index contributed by atoms with van der Waals surface area (Å²) in [6, 6.07) is 15.7. The van der Waals surface area contributed by atoms with Crippen LogP contribution >= 0.6 is 11.6 Å². The third kappa shape index (κ3) is 4.21. The van der Waals surface area contributed by atoms with Gasteiger partial charge in [-0.2, -0.15) is 0 Å². The number of halogens is 1. The van der Waals surface area contributed by atoms with Crippen LogP contribution in [0.25, 0.3) is 17.3 Å². The van der Waals surface area contributed by atoms with Crippen molar-refractivity contribution < 1.29 is 9.53 Å². The van der Waals surface area contributed by atoms with E-state index in [1.165, 1.54) is 13.2 Å². The van der Waals surface area contributed by atoms with Crippen LogP contribution in [-0.2, 0) is 16.1 Å². The fourth-order valence-electron chi connectivity index (χ4n) is 2.66. The Kier molecular flexibility index (Phi) is 5.54. The molecule has 0 bridgehead atoms. The van der Waals surface area contributed by atoms with Gasteiger partial charge in [0.25, 0.3) is 0 Å². The molecule has 0 fully saturated rings. The van der Waals surface area contributed by atoms with Gasteiger partial charge in [-0.15, -0.1) is 0 Å². The summed E-state index contributed by atoms with van der Waals surface area (Å²) in [6.07, 6.45) is 4.99. The summed E-state index contributed by atoms with van der Waals surface area (Å²) in [7, 11) is 1.36. The predicted molar refractivity (Wildman–Crippen MR) is 104 cm³/mol. The van der Waals surface area contributed by atoms with Crippen LogP contribution < -0.4 is 0 Å². The predicted octanol–water partition coefficient (Wildman–Crippen LogP) is 4.75. The Labute approximate surface area is 157 Å². The van der Waals surface area contributed by atoms with Crippen molar-refractivity contribution in [3.05, 3.63) is 82.8 Å². The monoisotopic (exact) mass is 366 g/mol. The Balaban J connectivity index is 1.74. The molecule has 0 N–H and O–H groups in total. The van der Waals surface area contributed by atoms with Gasteiger partial charge in [0.2, 0.25) is 0 Å². The highest BCUT2D eigenvalue weighted by atomic mass is 35.5. The first-order chi connectivity index (χ1) is 12.6. The average molecular weight is 367 g/mol. The second kappa shape index (κ2) is 8.02. The minimum atomic E-state index is -0.363. The number of ether oxygens (including phenoxy) is 1. The van der Waals surface area contributed by atoms with Gasteiger partial charge in [0.05, 0.1) is 19.1 Å². The lowest BCUT2D eigenvalue weighted by Crippen LogP contribution is -2.00. The van der Waals surface area contributed by atoms with E-state index >= 15 is 0 Å².